The second-order valence-electron chi connectivity index (χ2n) is 2.05. The van der Waals surface area contributed by atoms with E-state index in [2.05, 4.69) is 40.8 Å². The van der Waals surface area contributed by atoms with Gasteiger partial charge in [0.25, 0.3) is 0 Å². The van der Waals surface area contributed by atoms with Crippen molar-refractivity contribution < 1.29 is 0 Å². The average Bonchev–Trinajstić information content (AvgIpc) is 2.14. The number of hydrogen-bond acceptors (Lipinski definition) is 0. The molecule has 0 saturated heterocycles. The van der Waals surface area contributed by atoms with Crippen molar-refractivity contribution in [1.82, 2.24) is 0 Å². The van der Waals surface area contributed by atoms with Gasteiger partial charge in [0, 0.05) is 0 Å². The van der Waals surface area contributed by atoms with Gasteiger partial charge in [-0.3, -0.25) is 0 Å². The summed E-state index contributed by atoms with van der Waals surface area (Å²) in [6.45, 7) is 2.18. The monoisotopic (exact) mass is 290 g/mol. The topological polar surface area (TPSA) is 0 Å². The molecule has 12 heavy (non-hydrogen) atoms. The van der Waals surface area contributed by atoms with Crippen LogP contribution in [0.15, 0.2) is 30.3 Å². The zero-order chi connectivity index (χ0) is 8.65. The average molecular weight is 288 g/mol. The van der Waals surface area contributed by atoms with Crippen LogP contribution in [0, 0.1) is 9.64 Å². The van der Waals surface area contributed by atoms with Gasteiger partial charge < -0.3 is 0 Å². The van der Waals surface area contributed by atoms with Crippen molar-refractivity contribution in [3.05, 3.63) is 30.3 Å². The Hall–Kier alpha value is -0.181. The molecule has 0 N–H and O–H groups in total. The Morgan fingerprint density at radius 1 is 1.17 bits per heavy atom. The molecule has 0 fully saturated rings. The van der Waals surface area contributed by atoms with Crippen molar-refractivity contribution in [3.63, 3.8) is 0 Å². The van der Waals surface area contributed by atoms with Gasteiger partial charge >= 0.3 is 86.6 Å². The minimum atomic E-state index is 0.373. The molecule has 0 aliphatic rings. The first kappa shape index (κ1) is 9.90. The molecule has 0 unspecified atom stereocenters. The van der Waals surface area contributed by atoms with E-state index in [-0.39, 0.29) is 0 Å². The number of benzene rings is 1. The second-order valence-corrected chi connectivity index (χ2v) is 6.14. The van der Waals surface area contributed by atoms with E-state index in [4.69, 9.17) is 0 Å². The Balaban J connectivity index is 2.40. The van der Waals surface area contributed by atoms with Gasteiger partial charge in [-0.2, -0.15) is 0 Å². The van der Waals surface area contributed by atoms with E-state index in [0.717, 1.165) is 0 Å². The Labute approximate surface area is 86.5 Å². The molecule has 62 valence electrons. The molecule has 0 radical (unpaired) electrons. The first-order chi connectivity index (χ1) is 5.93. The summed E-state index contributed by atoms with van der Waals surface area (Å²) in [5.41, 5.74) is 0. The van der Waals surface area contributed by atoms with E-state index in [1.807, 2.05) is 6.07 Å². The van der Waals surface area contributed by atoms with Crippen LogP contribution in [-0.4, -0.2) is 29.9 Å². The van der Waals surface area contributed by atoms with Crippen LogP contribution in [0.2, 0.25) is 5.32 Å². The summed E-state index contributed by atoms with van der Waals surface area (Å²) < 4.78 is 1.38. The van der Waals surface area contributed by atoms with E-state index < -0.39 is 0 Å². The third-order valence-corrected chi connectivity index (χ3v) is 4.44. The molecule has 0 amide bonds. The molecule has 0 aliphatic carbocycles. The molecule has 2 heteroatoms. The van der Waals surface area contributed by atoms with Gasteiger partial charge in [-0.05, 0) is 0 Å². The maximum absolute atomic E-state index is 3.24. The molecule has 0 aliphatic heterocycles. The van der Waals surface area contributed by atoms with Gasteiger partial charge in [0.1, 0.15) is 0 Å². The van der Waals surface area contributed by atoms with Gasteiger partial charge in [0.2, 0.25) is 0 Å². The Bertz CT molecular complexity index is 269. The van der Waals surface area contributed by atoms with Gasteiger partial charge in [-0.15, -0.1) is 0 Å². The van der Waals surface area contributed by atoms with Crippen molar-refractivity contribution in [2.24, 2.45) is 0 Å². The molecular formula is C10H10Se2. The van der Waals surface area contributed by atoms with Gasteiger partial charge in [-0.25, -0.2) is 0 Å². The van der Waals surface area contributed by atoms with Gasteiger partial charge in [-0.1, -0.05) is 0 Å². The minimum absolute atomic E-state index is 0.373. The fourth-order valence-electron chi connectivity index (χ4n) is 0.670. The molecule has 1 aromatic carbocycles. The van der Waals surface area contributed by atoms with Crippen molar-refractivity contribution in [2.75, 3.05) is 0 Å². The van der Waals surface area contributed by atoms with E-state index in [1.165, 1.54) is 9.78 Å². The van der Waals surface area contributed by atoms with E-state index in [1.54, 1.807) is 0 Å². The normalized spacial score (nSPS) is 8.75. The van der Waals surface area contributed by atoms with Crippen LogP contribution in [0.4, 0.5) is 0 Å². The van der Waals surface area contributed by atoms with Crippen molar-refractivity contribution >= 4 is 34.4 Å². The fraction of sp³-hybridized carbons (Fsp3) is 0.200. The molecule has 0 saturated carbocycles. The maximum atomic E-state index is 3.24. The molecule has 0 heterocycles. The van der Waals surface area contributed by atoms with Crippen LogP contribution in [-0.2, 0) is 0 Å². The van der Waals surface area contributed by atoms with Gasteiger partial charge in [0.05, 0.1) is 0 Å². The first-order valence-corrected chi connectivity index (χ1v) is 7.55. The summed E-state index contributed by atoms with van der Waals surface area (Å²) in [4.78, 5) is 6.47. The zero-order valence-corrected chi connectivity index (χ0v) is 10.3. The standard InChI is InChI=1S/C10H10Se2/c1-2-11-8-9-12-10-6-4-3-5-7-10/h3-7H,2H2,1H3. The fourth-order valence-corrected chi connectivity index (χ4v) is 3.14. The third kappa shape index (κ3) is 4.00. The van der Waals surface area contributed by atoms with Crippen LogP contribution in [0.3, 0.4) is 0 Å². The molecule has 1 rings (SSSR count). The van der Waals surface area contributed by atoms with E-state index in [9.17, 15) is 0 Å². The summed E-state index contributed by atoms with van der Waals surface area (Å²) in [6.07, 6.45) is 0. The molecule has 0 atom stereocenters. The van der Waals surface area contributed by atoms with Crippen LogP contribution in [0.5, 0.6) is 0 Å². The summed E-state index contributed by atoms with van der Waals surface area (Å²) >= 11 is 0.925. The van der Waals surface area contributed by atoms with Crippen molar-refractivity contribution in [1.29, 1.82) is 0 Å². The molecule has 0 aromatic heterocycles. The Kier molecular flexibility index (Phi) is 5.24. The summed E-state index contributed by atoms with van der Waals surface area (Å²) in [7, 11) is 0. The predicted octanol–water partition coefficient (Wildman–Crippen LogP) is 1.08. The van der Waals surface area contributed by atoms with Crippen LogP contribution in [0.25, 0.3) is 0 Å². The van der Waals surface area contributed by atoms with Crippen molar-refractivity contribution in [2.45, 2.75) is 12.2 Å². The molecule has 0 bridgehead atoms. The van der Waals surface area contributed by atoms with E-state index >= 15 is 0 Å². The SMILES string of the molecule is CC[Se]C#C[Se]c1ccccc1. The van der Waals surface area contributed by atoms with Crippen LogP contribution in [0.1, 0.15) is 6.92 Å². The van der Waals surface area contributed by atoms with Crippen LogP contribution >= 0.6 is 0 Å². The zero-order valence-electron chi connectivity index (χ0n) is 6.91. The van der Waals surface area contributed by atoms with Crippen LogP contribution < -0.4 is 4.46 Å². The van der Waals surface area contributed by atoms with E-state index in [0.29, 0.717) is 29.9 Å². The second kappa shape index (κ2) is 6.35. The molecular weight excluding hydrogens is 278 g/mol. The van der Waals surface area contributed by atoms with Crippen molar-refractivity contribution in [3.8, 4) is 9.64 Å². The first-order valence-electron chi connectivity index (χ1n) is 3.77. The molecule has 0 spiro atoms. The Morgan fingerprint density at radius 3 is 2.58 bits per heavy atom. The molecule has 1 aromatic rings. The third-order valence-electron chi connectivity index (χ3n) is 1.17. The summed E-state index contributed by atoms with van der Waals surface area (Å²) in [5.74, 6) is 0. The Morgan fingerprint density at radius 2 is 1.92 bits per heavy atom. The summed E-state index contributed by atoms with van der Waals surface area (Å²) in [6, 6.07) is 10.5. The predicted molar refractivity (Wildman–Crippen MR) is 55.8 cm³/mol. The van der Waals surface area contributed by atoms with Gasteiger partial charge in [0.15, 0.2) is 0 Å². The number of rotatable bonds is 2. The summed E-state index contributed by atoms with van der Waals surface area (Å²) in [5, 5.41) is 1.23. The number of hydrogen-bond donors (Lipinski definition) is 0. The molecule has 0 nitrogen and oxygen atoms in total. The quantitative estimate of drug-likeness (QED) is 0.564.